The summed E-state index contributed by atoms with van der Waals surface area (Å²) < 4.78 is 5.01. The van der Waals surface area contributed by atoms with Gasteiger partial charge in [0, 0.05) is 26.2 Å². The largest absolute Gasteiger partial charge is 0.387 e. The zero-order valence-corrected chi connectivity index (χ0v) is 8.92. The molecule has 0 aliphatic carbocycles. The van der Waals surface area contributed by atoms with E-state index in [1.54, 1.807) is 7.11 Å². The van der Waals surface area contributed by atoms with Gasteiger partial charge >= 0.3 is 0 Å². The monoisotopic (exact) mass is 187 g/mol. The molecule has 1 aliphatic heterocycles. The van der Waals surface area contributed by atoms with Crippen molar-refractivity contribution in [2.45, 2.75) is 38.3 Å². The molecule has 0 radical (unpaired) electrons. The van der Waals surface area contributed by atoms with Gasteiger partial charge in [-0.2, -0.15) is 0 Å². The van der Waals surface area contributed by atoms with Crippen LogP contribution in [0.5, 0.6) is 0 Å². The molecular weight excluding hydrogens is 166 g/mol. The third-order valence-corrected chi connectivity index (χ3v) is 2.87. The molecule has 3 nitrogen and oxygen atoms in total. The SMILES string of the molecule is COCC1(O)CCN(C(C)C)CC1. The van der Waals surface area contributed by atoms with Crippen LogP contribution in [0.15, 0.2) is 0 Å². The van der Waals surface area contributed by atoms with Crippen LogP contribution in [0.4, 0.5) is 0 Å². The van der Waals surface area contributed by atoms with Crippen molar-refractivity contribution < 1.29 is 9.84 Å². The zero-order valence-electron chi connectivity index (χ0n) is 8.92. The number of methoxy groups -OCH3 is 1. The summed E-state index contributed by atoms with van der Waals surface area (Å²) in [6.45, 7) is 6.83. The molecule has 3 heteroatoms. The van der Waals surface area contributed by atoms with Gasteiger partial charge in [0.15, 0.2) is 0 Å². The van der Waals surface area contributed by atoms with Crippen LogP contribution in [0, 0.1) is 0 Å². The van der Waals surface area contributed by atoms with E-state index in [4.69, 9.17) is 4.74 Å². The van der Waals surface area contributed by atoms with Gasteiger partial charge in [-0.1, -0.05) is 0 Å². The van der Waals surface area contributed by atoms with Gasteiger partial charge in [-0.05, 0) is 26.7 Å². The first-order chi connectivity index (χ1) is 6.07. The highest BCUT2D eigenvalue weighted by molar-refractivity contribution is 4.86. The fourth-order valence-electron chi connectivity index (χ4n) is 1.87. The number of hydrogen-bond acceptors (Lipinski definition) is 3. The molecule has 0 aromatic rings. The van der Waals surface area contributed by atoms with Gasteiger partial charge in [0.25, 0.3) is 0 Å². The fraction of sp³-hybridized carbons (Fsp3) is 1.00. The molecule has 13 heavy (non-hydrogen) atoms. The maximum Gasteiger partial charge on any atom is 0.0904 e. The second kappa shape index (κ2) is 4.40. The van der Waals surface area contributed by atoms with Gasteiger partial charge in [-0.25, -0.2) is 0 Å². The molecule has 0 unspecified atom stereocenters. The van der Waals surface area contributed by atoms with E-state index in [0.717, 1.165) is 25.9 Å². The van der Waals surface area contributed by atoms with Crippen LogP contribution in [-0.4, -0.2) is 48.5 Å². The highest BCUT2D eigenvalue weighted by Gasteiger charge is 2.32. The van der Waals surface area contributed by atoms with Crippen LogP contribution in [-0.2, 0) is 4.74 Å². The molecule has 0 atom stereocenters. The molecule has 1 N–H and O–H groups in total. The number of ether oxygens (including phenoxy) is 1. The lowest BCUT2D eigenvalue weighted by Gasteiger charge is -2.39. The first kappa shape index (κ1) is 11.0. The third kappa shape index (κ3) is 2.93. The molecule has 0 aromatic carbocycles. The van der Waals surface area contributed by atoms with E-state index in [9.17, 15) is 5.11 Å². The minimum atomic E-state index is -0.569. The van der Waals surface area contributed by atoms with Crippen molar-refractivity contribution in [1.29, 1.82) is 0 Å². The average molecular weight is 187 g/mol. The van der Waals surface area contributed by atoms with Crippen LogP contribution in [0.25, 0.3) is 0 Å². The zero-order chi connectivity index (χ0) is 9.90. The van der Waals surface area contributed by atoms with E-state index >= 15 is 0 Å². The first-order valence-electron chi connectivity index (χ1n) is 5.03. The Hall–Kier alpha value is -0.120. The van der Waals surface area contributed by atoms with E-state index in [-0.39, 0.29) is 0 Å². The van der Waals surface area contributed by atoms with Crippen molar-refractivity contribution in [2.24, 2.45) is 0 Å². The van der Waals surface area contributed by atoms with Crippen molar-refractivity contribution in [1.82, 2.24) is 4.90 Å². The van der Waals surface area contributed by atoms with E-state index in [1.807, 2.05) is 0 Å². The van der Waals surface area contributed by atoms with Crippen LogP contribution in [0.2, 0.25) is 0 Å². The molecule has 1 fully saturated rings. The Bertz CT molecular complexity index is 151. The minimum Gasteiger partial charge on any atom is -0.387 e. The first-order valence-corrected chi connectivity index (χ1v) is 5.03. The smallest absolute Gasteiger partial charge is 0.0904 e. The molecule has 0 amide bonds. The Morgan fingerprint density at radius 3 is 2.31 bits per heavy atom. The summed E-state index contributed by atoms with van der Waals surface area (Å²) in [5, 5.41) is 10.0. The number of piperidine rings is 1. The van der Waals surface area contributed by atoms with Gasteiger partial charge in [0.2, 0.25) is 0 Å². The molecule has 0 spiro atoms. The van der Waals surface area contributed by atoms with Crippen molar-refractivity contribution in [3.05, 3.63) is 0 Å². The van der Waals surface area contributed by atoms with E-state index < -0.39 is 5.60 Å². The van der Waals surface area contributed by atoms with Crippen molar-refractivity contribution in [3.63, 3.8) is 0 Å². The summed E-state index contributed by atoms with van der Waals surface area (Å²) in [4.78, 5) is 2.39. The molecule has 0 aromatic heterocycles. The fourth-order valence-corrected chi connectivity index (χ4v) is 1.87. The highest BCUT2D eigenvalue weighted by atomic mass is 16.5. The molecule has 78 valence electrons. The summed E-state index contributed by atoms with van der Waals surface area (Å²) in [5.74, 6) is 0. The second-order valence-electron chi connectivity index (χ2n) is 4.29. The molecule has 1 heterocycles. The Balaban J connectivity index is 2.37. The molecule has 1 aliphatic rings. The van der Waals surface area contributed by atoms with Gasteiger partial charge in [0.05, 0.1) is 12.2 Å². The number of rotatable bonds is 3. The van der Waals surface area contributed by atoms with Crippen LogP contribution < -0.4 is 0 Å². The summed E-state index contributed by atoms with van der Waals surface area (Å²) in [6.07, 6.45) is 1.66. The summed E-state index contributed by atoms with van der Waals surface area (Å²) in [7, 11) is 1.65. The number of hydrogen-bond donors (Lipinski definition) is 1. The summed E-state index contributed by atoms with van der Waals surface area (Å²) >= 11 is 0. The maximum atomic E-state index is 10.0. The standard InChI is InChI=1S/C10H21NO2/c1-9(2)11-6-4-10(12,5-7-11)8-13-3/h9,12H,4-8H2,1-3H3. The lowest BCUT2D eigenvalue weighted by molar-refractivity contribution is -0.0745. The molecule has 1 saturated heterocycles. The normalized spacial score (nSPS) is 23.8. The molecule has 0 bridgehead atoms. The van der Waals surface area contributed by atoms with E-state index in [2.05, 4.69) is 18.7 Å². The second-order valence-corrected chi connectivity index (χ2v) is 4.29. The number of aliphatic hydroxyl groups is 1. The molecular formula is C10H21NO2. The van der Waals surface area contributed by atoms with Crippen LogP contribution >= 0.6 is 0 Å². The Morgan fingerprint density at radius 1 is 1.38 bits per heavy atom. The van der Waals surface area contributed by atoms with Crippen LogP contribution in [0.3, 0.4) is 0 Å². The molecule has 1 rings (SSSR count). The lowest BCUT2D eigenvalue weighted by Crippen LogP contribution is -2.48. The third-order valence-electron chi connectivity index (χ3n) is 2.87. The predicted molar refractivity (Wildman–Crippen MR) is 52.8 cm³/mol. The van der Waals surface area contributed by atoms with Crippen molar-refractivity contribution in [2.75, 3.05) is 26.8 Å². The average Bonchev–Trinajstić information content (AvgIpc) is 2.05. The quantitative estimate of drug-likeness (QED) is 0.711. The van der Waals surface area contributed by atoms with Crippen molar-refractivity contribution in [3.8, 4) is 0 Å². The topological polar surface area (TPSA) is 32.7 Å². The van der Waals surface area contributed by atoms with E-state index in [1.165, 1.54) is 0 Å². The Morgan fingerprint density at radius 2 is 1.92 bits per heavy atom. The van der Waals surface area contributed by atoms with Gasteiger partial charge in [0.1, 0.15) is 0 Å². The summed E-state index contributed by atoms with van der Waals surface area (Å²) in [6, 6.07) is 0.590. The predicted octanol–water partition coefficient (Wildman–Crippen LogP) is 0.868. The molecule has 0 saturated carbocycles. The van der Waals surface area contributed by atoms with E-state index in [0.29, 0.717) is 12.6 Å². The summed E-state index contributed by atoms with van der Waals surface area (Å²) in [5.41, 5.74) is -0.569. The van der Waals surface area contributed by atoms with Gasteiger partial charge < -0.3 is 14.7 Å². The highest BCUT2D eigenvalue weighted by Crippen LogP contribution is 2.23. The van der Waals surface area contributed by atoms with Crippen molar-refractivity contribution >= 4 is 0 Å². The lowest BCUT2D eigenvalue weighted by atomic mass is 9.92. The number of nitrogens with zero attached hydrogens (tertiary/aromatic N) is 1. The van der Waals surface area contributed by atoms with Gasteiger partial charge in [-0.3, -0.25) is 0 Å². The maximum absolute atomic E-state index is 10.0. The minimum absolute atomic E-state index is 0.471. The van der Waals surface area contributed by atoms with Crippen LogP contribution in [0.1, 0.15) is 26.7 Å². The van der Waals surface area contributed by atoms with Gasteiger partial charge in [-0.15, -0.1) is 0 Å². The Labute approximate surface area is 80.7 Å². The number of likely N-dealkylation sites (tertiary alicyclic amines) is 1. The Kier molecular flexibility index (Phi) is 3.71.